The fourth-order valence-electron chi connectivity index (χ4n) is 4.63. The predicted molar refractivity (Wildman–Crippen MR) is 130 cm³/mol. The van der Waals surface area contributed by atoms with E-state index in [1.807, 2.05) is 12.1 Å². The average Bonchev–Trinajstić information content (AvgIpc) is 2.79. The van der Waals surface area contributed by atoms with Crippen molar-refractivity contribution < 1.29 is 8.42 Å². The van der Waals surface area contributed by atoms with Crippen LogP contribution in [0.15, 0.2) is 58.4 Å². The van der Waals surface area contributed by atoms with E-state index in [9.17, 15) is 8.42 Å². The SMILES string of the molecule is Cc1cccc(CNC2=NCCNC23CCN(S(=O)(=O)c2ccc(C(C)C)cc2)CC3)c1. The molecule has 2 N–H and O–H groups in total. The normalized spacial score (nSPS) is 19.2. The number of hydrogen-bond acceptors (Lipinski definition) is 5. The lowest BCUT2D eigenvalue weighted by Crippen LogP contribution is -2.64. The van der Waals surface area contributed by atoms with Crippen molar-refractivity contribution in [3.8, 4) is 0 Å². The zero-order chi connectivity index (χ0) is 22.8. The van der Waals surface area contributed by atoms with Gasteiger partial charge >= 0.3 is 0 Å². The third kappa shape index (κ3) is 4.75. The Morgan fingerprint density at radius 1 is 1.12 bits per heavy atom. The highest BCUT2D eigenvalue weighted by Crippen LogP contribution is 2.29. The predicted octanol–water partition coefficient (Wildman–Crippen LogP) is 3.43. The highest BCUT2D eigenvalue weighted by atomic mass is 32.2. The summed E-state index contributed by atoms with van der Waals surface area (Å²) in [7, 11) is -3.49. The van der Waals surface area contributed by atoms with Crippen molar-refractivity contribution in [3.05, 3.63) is 65.2 Å². The Bertz CT molecular complexity index is 1070. The molecule has 0 radical (unpaired) electrons. The van der Waals surface area contributed by atoms with Crippen LogP contribution in [-0.2, 0) is 16.6 Å². The third-order valence-corrected chi connectivity index (χ3v) is 8.51. The molecule has 6 nitrogen and oxygen atoms in total. The second kappa shape index (κ2) is 9.33. The maximum absolute atomic E-state index is 13.2. The third-order valence-electron chi connectivity index (χ3n) is 6.60. The monoisotopic (exact) mass is 454 g/mol. The Morgan fingerprint density at radius 3 is 2.50 bits per heavy atom. The summed E-state index contributed by atoms with van der Waals surface area (Å²) >= 11 is 0. The molecule has 2 aromatic rings. The standard InChI is InChI=1S/C25H34N4O2S/c1-19(2)22-7-9-23(10-8-22)32(30,31)29-15-11-25(12-16-29)24(26-13-14-28-25)27-18-21-6-4-5-20(3)17-21/h4-10,17,19,28H,11-16,18H2,1-3H3,(H,26,27). The van der Waals surface area contributed by atoms with E-state index in [4.69, 9.17) is 4.99 Å². The molecule has 0 bridgehead atoms. The quantitative estimate of drug-likeness (QED) is 0.726. The summed E-state index contributed by atoms with van der Waals surface area (Å²) < 4.78 is 28.1. The van der Waals surface area contributed by atoms with Crippen LogP contribution in [0.5, 0.6) is 0 Å². The number of sulfonamides is 1. The lowest BCUT2D eigenvalue weighted by Gasteiger charge is -2.44. The Morgan fingerprint density at radius 2 is 1.84 bits per heavy atom. The number of benzene rings is 2. The maximum atomic E-state index is 13.2. The molecule has 0 aromatic heterocycles. The molecule has 1 spiro atoms. The summed E-state index contributed by atoms with van der Waals surface area (Å²) in [5, 5.41) is 7.20. The summed E-state index contributed by atoms with van der Waals surface area (Å²) in [6.45, 7) is 9.54. The molecular formula is C25H34N4O2S. The van der Waals surface area contributed by atoms with Crippen LogP contribution in [0.3, 0.4) is 0 Å². The zero-order valence-electron chi connectivity index (χ0n) is 19.3. The molecule has 1 saturated heterocycles. The van der Waals surface area contributed by atoms with Gasteiger partial charge in [0.05, 0.1) is 17.0 Å². The molecule has 0 saturated carbocycles. The molecule has 32 heavy (non-hydrogen) atoms. The van der Waals surface area contributed by atoms with E-state index in [0.717, 1.165) is 24.5 Å². The number of nitrogens with zero attached hydrogens (tertiary/aromatic N) is 2. The number of rotatable bonds is 5. The number of amidine groups is 1. The molecule has 0 atom stereocenters. The van der Waals surface area contributed by atoms with Gasteiger partial charge < -0.3 is 10.6 Å². The molecule has 4 rings (SSSR count). The van der Waals surface area contributed by atoms with Crippen LogP contribution >= 0.6 is 0 Å². The molecule has 172 valence electrons. The fraction of sp³-hybridized carbons (Fsp3) is 0.480. The van der Waals surface area contributed by atoms with Gasteiger partial charge in [-0.15, -0.1) is 0 Å². The topological polar surface area (TPSA) is 73.8 Å². The zero-order valence-corrected chi connectivity index (χ0v) is 20.1. The first-order valence-corrected chi connectivity index (χ1v) is 12.9. The van der Waals surface area contributed by atoms with Gasteiger partial charge in [0, 0.05) is 26.2 Å². The number of hydrogen-bond donors (Lipinski definition) is 2. The van der Waals surface area contributed by atoms with E-state index in [-0.39, 0.29) is 5.54 Å². The van der Waals surface area contributed by atoms with Crippen LogP contribution in [0, 0.1) is 6.92 Å². The van der Waals surface area contributed by atoms with Gasteiger partial charge in [-0.25, -0.2) is 8.42 Å². The van der Waals surface area contributed by atoms with Crippen LogP contribution in [0.2, 0.25) is 0 Å². The largest absolute Gasteiger partial charge is 0.368 e. The average molecular weight is 455 g/mol. The van der Waals surface area contributed by atoms with Crippen molar-refractivity contribution in [2.45, 2.75) is 56.5 Å². The molecule has 2 aromatic carbocycles. The van der Waals surface area contributed by atoms with Gasteiger partial charge in [0.2, 0.25) is 10.0 Å². The minimum absolute atomic E-state index is 0.282. The van der Waals surface area contributed by atoms with Gasteiger partial charge in [-0.05, 0) is 48.9 Å². The number of aliphatic imine (C=N–C) groups is 1. The molecule has 7 heteroatoms. The molecule has 2 aliphatic heterocycles. The first-order chi connectivity index (χ1) is 15.3. The highest BCUT2D eigenvalue weighted by molar-refractivity contribution is 7.89. The van der Waals surface area contributed by atoms with Gasteiger partial charge in [-0.2, -0.15) is 4.31 Å². The Kier molecular flexibility index (Phi) is 6.70. The molecule has 2 heterocycles. The molecule has 0 unspecified atom stereocenters. The highest BCUT2D eigenvalue weighted by Gasteiger charge is 2.43. The number of aryl methyl sites for hydroxylation is 1. The Labute approximate surface area is 192 Å². The van der Waals surface area contributed by atoms with Crippen molar-refractivity contribution >= 4 is 15.9 Å². The van der Waals surface area contributed by atoms with Gasteiger partial charge in [0.15, 0.2) is 0 Å². The van der Waals surface area contributed by atoms with Crippen LogP contribution in [0.4, 0.5) is 0 Å². The second-order valence-corrected chi connectivity index (χ2v) is 11.1. The summed E-state index contributed by atoms with van der Waals surface area (Å²) in [6, 6.07) is 15.8. The van der Waals surface area contributed by atoms with Crippen molar-refractivity contribution in [2.75, 3.05) is 26.2 Å². The summed E-state index contributed by atoms with van der Waals surface area (Å²) in [5.41, 5.74) is 3.32. The minimum Gasteiger partial charge on any atom is -0.368 e. The Balaban J connectivity index is 1.44. The maximum Gasteiger partial charge on any atom is 0.243 e. The van der Waals surface area contributed by atoms with Crippen molar-refractivity contribution in [1.82, 2.24) is 14.9 Å². The van der Waals surface area contributed by atoms with Crippen molar-refractivity contribution in [3.63, 3.8) is 0 Å². The van der Waals surface area contributed by atoms with Crippen LogP contribution in [-0.4, -0.2) is 50.3 Å². The molecule has 1 fully saturated rings. The smallest absolute Gasteiger partial charge is 0.243 e. The first-order valence-electron chi connectivity index (χ1n) is 11.5. The summed E-state index contributed by atoms with van der Waals surface area (Å²) in [5.74, 6) is 1.34. The van der Waals surface area contributed by atoms with Crippen LogP contribution < -0.4 is 10.6 Å². The van der Waals surface area contributed by atoms with E-state index in [1.165, 1.54) is 11.1 Å². The Hall–Kier alpha value is -2.22. The fourth-order valence-corrected chi connectivity index (χ4v) is 6.07. The van der Waals surface area contributed by atoms with Crippen molar-refractivity contribution in [1.29, 1.82) is 0 Å². The van der Waals surface area contributed by atoms with E-state index in [1.54, 1.807) is 16.4 Å². The lowest BCUT2D eigenvalue weighted by molar-refractivity contribution is 0.241. The second-order valence-electron chi connectivity index (χ2n) is 9.21. The van der Waals surface area contributed by atoms with Crippen LogP contribution in [0.1, 0.15) is 49.3 Å². The molecular weight excluding hydrogens is 420 g/mol. The molecule has 0 aliphatic carbocycles. The molecule has 2 aliphatic rings. The van der Waals surface area contributed by atoms with Gasteiger partial charge in [-0.1, -0.05) is 55.8 Å². The summed E-state index contributed by atoms with van der Waals surface area (Å²) in [6.07, 6.45) is 1.41. The van der Waals surface area contributed by atoms with Gasteiger partial charge in [0.1, 0.15) is 5.84 Å². The van der Waals surface area contributed by atoms with Crippen LogP contribution in [0.25, 0.3) is 0 Å². The number of nitrogens with one attached hydrogen (secondary N) is 2. The van der Waals surface area contributed by atoms with E-state index in [2.05, 4.69) is 55.7 Å². The number of piperidine rings is 1. The van der Waals surface area contributed by atoms with Gasteiger partial charge in [0.25, 0.3) is 0 Å². The summed E-state index contributed by atoms with van der Waals surface area (Å²) in [4.78, 5) is 5.17. The van der Waals surface area contributed by atoms with Gasteiger partial charge in [-0.3, -0.25) is 4.99 Å². The molecule has 0 amide bonds. The first kappa shape index (κ1) is 23.0. The lowest BCUT2D eigenvalue weighted by atomic mass is 9.85. The van der Waals surface area contributed by atoms with E-state index in [0.29, 0.717) is 43.3 Å². The van der Waals surface area contributed by atoms with E-state index < -0.39 is 10.0 Å². The minimum atomic E-state index is -3.49. The van der Waals surface area contributed by atoms with Crippen molar-refractivity contribution in [2.24, 2.45) is 4.99 Å². The van der Waals surface area contributed by atoms with E-state index >= 15 is 0 Å².